The zero-order valence-electron chi connectivity index (χ0n) is 16.2. The van der Waals surface area contributed by atoms with E-state index in [1.807, 2.05) is 36.4 Å². The summed E-state index contributed by atoms with van der Waals surface area (Å²) in [5.41, 5.74) is 4.64. The Morgan fingerprint density at radius 3 is 2.61 bits per heavy atom. The highest BCUT2D eigenvalue weighted by Gasteiger charge is 2.21. The Hall–Kier alpha value is -3.34. The van der Waals surface area contributed by atoms with Gasteiger partial charge < -0.3 is 5.11 Å². The fourth-order valence-corrected chi connectivity index (χ4v) is 3.96. The van der Waals surface area contributed by atoms with Crippen molar-refractivity contribution >= 4 is 46.8 Å². The van der Waals surface area contributed by atoms with E-state index in [-0.39, 0.29) is 10.8 Å². The molecular formula is C26H16ClF2NO. The Kier molecular flexibility index (Phi) is 4.89. The molecule has 1 heterocycles. The Bertz CT molecular complexity index is 1390. The van der Waals surface area contributed by atoms with Gasteiger partial charge in [-0.25, -0.2) is 13.8 Å². The number of hydrogen-bond donors (Lipinski definition) is 1. The maximum absolute atomic E-state index is 14.2. The summed E-state index contributed by atoms with van der Waals surface area (Å²) in [5.74, 6) is -0.832. The molecule has 0 spiro atoms. The Labute approximate surface area is 182 Å². The van der Waals surface area contributed by atoms with Crippen LogP contribution in [0.4, 0.5) is 8.78 Å². The lowest BCUT2D eigenvalue weighted by atomic mass is 9.95. The number of fused-ring (bicyclic) bond motifs is 3. The Balaban J connectivity index is 1.49. The Morgan fingerprint density at radius 2 is 1.74 bits per heavy atom. The third-order valence-corrected chi connectivity index (χ3v) is 5.71. The molecule has 4 aromatic rings. The molecular weight excluding hydrogens is 416 g/mol. The molecule has 1 aliphatic carbocycles. The predicted octanol–water partition coefficient (Wildman–Crippen LogP) is 6.90. The first kappa shape index (κ1) is 19.6. The van der Waals surface area contributed by atoms with Crippen LogP contribution in [0.15, 0.2) is 60.7 Å². The number of aromatic nitrogens is 1. The summed E-state index contributed by atoms with van der Waals surface area (Å²) in [6.07, 6.45) is 6.30. The summed E-state index contributed by atoms with van der Waals surface area (Å²) < 4.78 is 27.8. The number of aliphatic hydroxyl groups excluding tert-OH is 1. The van der Waals surface area contributed by atoms with Gasteiger partial charge in [-0.2, -0.15) is 0 Å². The van der Waals surface area contributed by atoms with Gasteiger partial charge in [-0.1, -0.05) is 60.2 Å². The molecule has 0 aliphatic heterocycles. The third-order valence-electron chi connectivity index (χ3n) is 5.42. The van der Waals surface area contributed by atoms with E-state index in [9.17, 15) is 13.9 Å². The Morgan fingerprint density at radius 1 is 0.871 bits per heavy atom. The molecule has 0 saturated heterocycles. The first-order valence-corrected chi connectivity index (χ1v) is 10.1. The van der Waals surface area contributed by atoms with Crippen LogP contribution in [0.3, 0.4) is 0 Å². The zero-order valence-corrected chi connectivity index (χ0v) is 16.9. The van der Waals surface area contributed by atoms with Crippen molar-refractivity contribution in [3.8, 4) is 0 Å². The van der Waals surface area contributed by atoms with Gasteiger partial charge in [0.05, 0.1) is 16.2 Å². The van der Waals surface area contributed by atoms with Gasteiger partial charge in [-0.3, -0.25) is 0 Å². The van der Waals surface area contributed by atoms with Crippen molar-refractivity contribution in [3.63, 3.8) is 0 Å². The van der Waals surface area contributed by atoms with E-state index in [1.54, 1.807) is 30.3 Å². The van der Waals surface area contributed by atoms with Gasteiger partial charge in [0.1, 0.15) is 17.7 Å². The largest absolute Gasteiger partial charge is 0.384 e. The molecule has 5 heteroatoms. The molecule has 2 nitrogen and oxygen atoms in total. The molecule has 0 bridgehead atoms. The normalized spacial score (nSPS) is 15.2. The van der Waals surface area contributed by atoms with Gasteiger partial charge in [-0.15, -0.1) is 0 Å². The molecule has 0 amide bonds. The van der Waals surface area contributed by atoms with Crippen LogP contribution in [0, 0.1) is 11.6 Å². The van der Waals surface area contributed by atoms with Crippen molar-refractivity contribution in [2.45, 2.75) is 6.10 Å². The average molecular weight is 432 g/mol. The molecule has 0 fully saturated rings. The molecule has 1 aliphatic rings. The summed E-state index contributed by atoms with van der Waals surface area (Å²) in [4.78, 5) is 4.51. The molecule has 1 atom stereocenters. The first-order valence-electron chi connectivity index (χ1n) is 9.72. The van der Waals surface area contributed by atoms with Gasteiger partial charge in [0.25, 0.3) is 0 Å². The second kappa shape index (κ2) is 7.73. The van der Waals surface area contributed by atoms with Crippen LogP contribution >= 0.6 is 11.6 Å². The van der Waals surface area contributed by atoms with Gasteiger partial charge in [0, 0.05) is 10.9 Å². The summed E-state index contributed by atoms with van der Waals surface area (Å²) in [7, 11) is 0. The van der Waals surface area contributed by atoms with Gasteiger partial charge in [0.15, 0.2) is 0 Å². The quantitative estimate of drug-likeness (QED) is 0.374. The van der Waals surface area contributed by atoms with Crippen molar-refractivity contribution < 1.29 is 13.9 Å². The minimum atomic E-state index is -0.931. The van der Waals surface area contributed by atoms with Crippen molar-refractivity contribution in [2.24, 2.45) is 0 Å². The molecule has 1 aromatic heterocycles. The second-order valence-electron chi connectivity index (χ2n) is 7.40. The van der Waals surface area contributed by atoms with E-state index in [4.69, 9.17) is 11.6 Å². The smallest absolute Gasteiger partial charge is 0.142 e. The fourth-order valence-electron chi connectivity index (χ4n) is 3.80. The molecule has 0 saturated carbocycles. The van der Waals surface area contributed by atoms with Crippen LogP contribution < -0.4 is 0 Å². The van der Waals surface area contributed by atoms with E-state index in [1.165, 1.54) is 18.2 Å². The molecule has 3 aromatic carbocycles. The minimum absolute atomic E-state index is 0.0330. The van der Waals surface area contributed by atoms with Crippen LogP contribution in [0.25, 0.3) is 35.2 Å². The fraction of sp³-hybridized carbons (Fsp3) is 0.0385. The van der Waals surface area contributed by atoms with Gasteiger partial charge >= 0.3 is 0 Å². The maximum Gasteiger partial charge on any atom is 0.142 e. The zero-order chi connectivity index (χ0) is 21.5. The van der Waals surface area contributed by atoms with Crippen LogP contribution in [-0.4, -0.2) is 10.1 Å². The molecule has 31 heavy (non-hydrogen) atoms. The van der Waals surface area contributed by atoms with E-state index in [2.05, 4.69) is 4.98 Å². The lowest BCUT2D eigenvalue weighted by molar-refractivity contribution is 0.219. The summed E-state index contributed by atoms with van der Waals surface area (Å²) >= 11 is 5.87. The summed E-state index contributed by atoms with van der Waals surface area (Å²) in [6, 6.07) is 16.9. The number of benzene rings is 3. The molecule has 1 unspecified atom stereocenters. The summed E-state index contributed by atoms with van der Waals surface area (Å²) in [5, 5.41) is 11.6. The van der Waals surface area contributed by atoms with Crippen molar-refractivity contribution in [1.82, 2.24) is 4.98 Å². The molecule has 1 N–H and O–H groups in total. The predicted molar refractivity (Wildman–Crippen MR) is 121 cm³/mol. The van der Waals surface area contributed by atoms with Crippen molar-refractivity contribution in [1.29, 1.82) is 0 Å². The molecule has 5 rings (SSSR count). The lowest BCUT2D eigenvalue weighted by Gasteiger charge is -2.15. The highest BCUT2D eigenvalue weighted by atomic mass is 35.5. The number of rotatable bonds is 2. The topological polar surface area (TPSA) is 33.1 Å². The standard InChI is InChI=1S/C26H16ClF2NO/c27-22-14-25-17(13-24(22)29)7-10-18(30-25)9-5-15-4-6-16-8-11-19-20(2-1-3-23(19)28)26(31)21(16)12-15/h1-14,26,31H. The van der Waals surface area contributed by atoms with Crippen LogP contribution in [0.5, 0.6) is 0 Å². The van der Waals surface area contributed by atoms with Gasteiger partial charge in [-0.05, 0) is 58.7 Å². The maximum atomic E-state index is 14.2. The minimum Gasteiger partial charge on any atom is -0.384 e. The SMILES string of the molecule is OC1c2cc(C=Cc3ccc4cc(F)c(Cl)cc4n3)ccc2C=Cc2c(F)cccc21. The lowest BCUT2D eigenvalue weighted by Crippen LogP contribution is -2.03. The number of aliphatic hydroxyl groups is 1. The molecule has 0 radical (unpaired) electrons. The van der Waals surface area contributed by atoms with Crippen molar-refractivity contribution in [2.75, 3.05) is 0 Å². The first-order chi connectivity index (χ1) is 15.0. The highest BCUT2D eigenvalue weighted by Crippen LogP contribution is 2.34. The van der Waals surface area contributed by atoms with Crippen LogP contribution in [0.2, 0.25) is 5.02 Å². The number of halogens is 3. The number of nitrogens with zero attached hydrogens (tertiary/aromatic N) is 1. The average Bonchev–Trinajstić information content (AvgIpc) is 2.91. The molecule has 152 valence electrons. The van der Waals surface area contributed by atoms with E-state index < -0.39 is 11.9 Å². The van der Waals surface area contributed by atoms with Crippen LogP contribution in [0.1, 0.15) is 39.6 Å². The van der Waals surface area contributed by atoms with Crippen LogP contribution in [-0.2, 0) is 0 Å². The van der Waals surface area contributed by atoms with E-state index in [0.29, 0.717) is 33.3 Å². The second-order valence-corrected chi connectivity index (χ2v) is 7.80. The number of hydrogen-bond acceptors (Lipinski definition) is 2. The third kappa shape index (κ3) is 3.65. The van der Waals surface area contributed by atoms with Crippen molar-refractivity contribution in [3.05, 3.63) is 111 Å². The number of pyridine rings is 1. The highest BCUT2D eigenvalue weighted by molar-refractivity contribution is 6.31. The van der Waals surface area contributed by atoms with E-state index >= 15 is 0 Å². The van der Waals surface area contributed by atoms with Gasteiger partial charge in [0.2, 0.25) is 0 Å². The monoisotopic (exact) mass is 431 g/mol. The summed E-state index contributed by atoms with van der Waals surface area (Å²) in [6.45, 7) is 0. The van der Waals surface area contributed by atoms with E-state index in [0.717, 1.165) is 11.1 Å².